The van der Waals surface area contributed by atoms with Crippen molar-refractivity contribution in [3.05, 3.63) is 0 Å². The molecule has 0 bridgehead atoms. The summed E-state index contributed by atoms with van der Waals surface area (Å²) in [5.74, 6) is 0.0836. The van der Waals surface area contributed by atoms with Crippen molar-refractivity contribution in [2.75, 3.05) is 6.61 Å². The number of piperidine rings is 1. The van der Waals surface area contributed by atoms with Crippen LogP contribution in [0.5, 0.6) is 0 Å². The fraction of sp³-hybridized carbons (Fsp3) is 0.933. The Bertz CT molecular complexity index is 346. The summed E-state index contributed by atoms with van der Waals surface area (Å²) >= 11 is 0. The van der Waals surface area contributed by atoms with Crippen LogP contribution in [0, 0.1) is 5.92 Å². The van der Waals surface area contributed by atoms with Crippen LogP contribution >= 0.6 is 0 Å². The fourth-order valence-corrected chi connectivity index (χ4v) is 4.51. The lowest BCUT2D eigenvalue weighted by molar-refractivity contribution is -0.151. The molecule has 2 heterocycles. The first-order valence-electron chi connectivity index (χ1n) is 7.80. The fourth-order valence-electron chi connectivity index (χ4n) is 4.51. The van der Waals surface area contributed by atoms with Crippen molar-refractivity contribution in [2.24, 2.45) is 5.92 Å². The Morgan fingerprint density at radius 1 is 1.11 bits per heavy atom. The number of carboxylic acid groups (broad SMARTS) is 1. The molecule has 108 valence electrons. The van der Waals surface area contributed by atoms with Crippen molar-refractivity contribution in [1.82, 2.24) is 4.90 Å². The first-order chi connectivity index (χ1) is 9.18. The molecule has 0 aromatic rings. The Hall–Kier alpha value is -0.610. The predicted molar refractivity (Wildman–Crippen MR) is 72.1 cm³/mol. The molecule has 5 unspecified atom stereocenters. The van der Waals surface area contributed by atoms with Crippen molar-refractivity contribution in [3.63, 3.8) is 0 Å². The normalized spacial score (nSPS) is 43.9. The molecule has 0 spiro atoms. The summed E-state index contributed by atoms with van der Waals surface area (Å²) < 4.78 is 5.69. The van der Waals surface area contributed by atoms with E-state index >= 15 is 0 Å². The summed E-state index contributed by atoms with van der Waals surface area (Å²) in [7, 11) is 0. The minimum Gasteiger partial charge on any atom is -0.480 e. The molecule has 0 aromatic carbocycles. The Kier molecular flexibility index (Phi) is 3.81. The second-order valence-electron chi connectivity index (χ2n) is 6.42. The van der Waals surface area contributed by atoms with Crippen molar-refractivity contribution in [2.45, 2.75) is 76.1 Å². The van der Waals surface area contributed by atoms with Crippen LogP contribution in [0.15, 0.2) is 0 Å². The summed E-state index contributed by atoms with van der Waals surface area (Å²) in [4.78, 5) is 14.0. The van der Waals surface area contributed by atoms with Crippen LogP contribution in [0.2, 0.25) is 0 Å². The Balaban J connectivity index is 1.85. The monoisotopic (exact) mass is 267 g/mol. The molecule has 1 N–H and O–H groups in total. The highest BCUT2D eigenvalue weighted by atomic mass is 16.5. The molecular formula is C15H25NO3. The molecule has 0 aromatic heterocycles. The maximum Gasteiger partial charge on any atom is 0.320 e. The summed E-state index contributed by atoms with van der Waals surface area (Å²) in [5.41, 5.74) is 0. The van der Waals surface area contributed by atoms with Gasteiger partial charge < -0.3 is 9.84 Å². The maximum absolute atomic E-state index is 11.6. The summed E-state index contributed by atoms with van der Waals surface area (Å²) in [6.45, 7) is 2.88. The van der Waals surface area contributed by atoms with Crippen molar-refractivity contribution in [1.29, 1.82) is 0 Å². The predicted octanol–water partition coefficient (Wildman–Crippen LogP) is 2.27. The molecule has 3 aliphatic rings. The number of hydrogen-bond donors (Lipinski definition) is 1. The summed E-state index contributed by atoms with van der Waals surface area (Å²) in [5, 5.41) is 9.56. The van der Waals surface area contributed by atoms with E-state index in [4.69, 9.17) is 4.74 Å². The zero-order valence-electron chi connectivity index (χ0n) is 11.8. The molecule has 2 aliphatic heterocycles. The molecule has 3 fully saturated rings. The van der Waals surface area contributed by atoms with E-state index in [1.54, 1.807) is 0 Å². The van der Waals surface area contributed by atoms with Gasteiger partial charge in [0.2, 0.25) is 0 Å². The topological polar surface area (TPSA) is 49.8 Å². The van der Waals surface area contributed by atoms with Crippen molar-refractivity contribution >= 4 is 5.97 Å². The van der Waals surface area contributed by atoms with Crippen molar-refractivity contribution in [3.8, 4) is 0 Å². The number of fused-ring (bicyclic) bond motifs is 1. The average Bonchev–Trinajstić information content (AvgIpc) is 2.83. The number of likely N-dealkylation sites (tertiary alicyclic amines) is 1. The van der Waals surface area contributed by atoms with Crippen LogP contribution in [0.4, 0.5) is 0 Å². The largest absolute Gasteiger partial charge is 0.480 e. The number of rotatable bonds is 2. The van der Waals surface area contributed by atoms with Crippen LogP contribution in [0.3, 0.4) is 0 Å². The van der Waals surface area contributed by atoms with Gasteiger partial charge in [-0.25, -0.2) is 0 Å². The van der Waals surface area contributed by atoms with Crippen LogP contribution in [-0.4, -0.2) is 46.8 Å². The first kappa shape index (κ1) is 13.4. The minimum atomic E-state index is -0.636. The van der Waals surface area contributed by atoms with Gasteiger partial charge in [0.15, 0.2) is 0 Å². The molecule has 1 aliphatic carbocycles. The Morgan fingerprint density at radius 3 is 2.58 bits per heavy atom. The van der Waals surface area contributed by atoms with E-state index in [1.807, 2.05) is 0 Å². The summed E-state index contributed by atoms with van der Waals surface area (Å²) in [6, 6.07) is 0.512. The van der Waals surface area contributed by atoms with Gasteiger partial charge in [0.25, 0.3) is 0 Å². The van der Waals surface area contributed by atoms with E-state index in [-0.39, 0.29) is 12.1 Å². The van der Waals surface area contributed by atoms with E-state index in [0.29, 0.717) is 12.1 Å². The molecule has 4 heteroatoms. The number of hydrogen-bond acceptors (Lipinski definition) is 3. The second-order valence-corrected chi connectivity index (χ2v) is 6.42. The van der Waals surface area contributed by atoms with Gasteiger partial charge in [-0.15, -0.1) is 0 Å². The third kappa shape index (κ3) is 2.40. The van der Waals surface area contributed by atoms with Gasteiger partial charge in [-0.1, -0.05) is 12.8 Å². The summed E-state index contributed by atoms with van der Waals surface area (Å²) in [6.07, 6.45) is 8.14. The maximum atomic E-state index is 11.6. The standard InChI is InChI=1S/C15H25NO3/c1-10-12(8-9-19-10)16-13-5-3-2-4-11(13)6-7-14(16)15(17)18/h10-14H,2-9H2,1H3,(H,17,18). The highest BCUT2D eigenvalue weighted by Crippen LogP contribution is 2.41. The van der Waals surface area contributed by atoms with Gasteiger partial charge >= 0.3 is 5.97 Å². The van der Waals surface area contributed by atoms with E-state index in [2.05, 4.69) is 11.8 Å². The van der Waals surface area contributed by atoms with Gasteiger partial charge in [0, 0.05) is 18.7 Å². The van der Waals surface area contributed by atoms with Gasteiger partial charge in [0.1, 0.15) is 6.04 Å². The molecule has 0 amide bonds. The SMILES string of the molecule is CC1OCCC1N1C(C(=O)O)CCC2CCCCC21. The van der Waals surface area contributed by atoms with E-state index in [9.17, 15) is 9.90 Å². The lowest BCUT2D eigenvalue weighted by atomic mass is 9.75. The third-order valence-corrected chi connectivity index (χ3v) is 5.43. The quantitative estimate of drug-likeness (QED) is 0.834. The van der Waals surface area contributed by atoms with Crippen LogP contribution < -0.4 is 0 Å². The zero-order valence-corrected chi connectivity index (χ0v) is 11.8. The van der Waals surface area contributed by atoms with Gasteiger partial charge in [-0.3, -0.25) is 9.69 Å². The number of aliphatic carboxylic acids is 1. The van der Waals surface area contributed by atoms with Crippen molar-refractivity contribution < 1.29 is 14.6 Å². The molecule has 4 nitrogen and oxygen atoms in total. The van der Waals surface area contributed by atoms with Crippen LogP contribution in [0.1, 0.15) is 51.9 Å². The van der Waals surface area contributed by atoms with Crippen LogP contribution in [-0.2, 0) is 9.53 Å². The molecule has 1 saturated carbocycles. The molecular weight excluding hydrogens is 242 g/mol. The third-order valence-electron chi connectivity index (χ3n) is 5.43. The number of nitrogens with zero attached hydrogens (tertiary/aromatic N) is 1. The second kappa shape index (κ2) is 5.41. The zero-order chi connectivity index (χ0) is 13.4. The lowest BCUT2D eigenvalue weighted by Crippen LogP contribution is -2.60. The molecule has 0 radical (unpaired) electrons. The number of ether oxygens (including phenoxy) is 1. The average molecular weight is 267 g/mol. The molecule has 5 atom stereocenters. The Morgan fingerprint density at radius 2 is 1.89 bits per heavy atom. The highest BCUT2D eigenvalue weighted by molar-refractivity contribution is 5.73. The molecule has 19 heavy (non-hydrogen) atoms. The van der Waals surface area contributed by atoms with Crippen LogP contribution in [0.25, 0.3) is 0 Å². The van der Waals surface area contributed by atoms with E-state index < -0.39 is 5.97 Å². The molecule has 2 saturated heterocycles. The smallest absolute Gasteiger partial charge is 0.320 e. The number of carbonyl (C=O) groups is 1. The van der Waals surface area contributed by atoms with E-state index in [0.717, 1.165) is 31.8 Å². The lowest BCUT2D eigenvalue weighted by Gasteiger charge is -2.50. The minimum absolute atomic E-state index is 0.183. The van der Waals surface area contributed by atoms with E-state index in [1.165, 1.54) is 25.7 Å². The Labute approximate surface area is 115 Å². The molecule has 3 rings (SSSR count). The first-order valence-corrected chi connectivity index (χ1v) is 7.80. The van der Waals surface area contributed by atoms with Gasteiger partial charge in [0.05, 0.1) is 6.10 Å². The highest BCUT2D eigenvalue weighted by Gasteiger charge is 2.46. The van der Waals surface area contributed by atoms with Gasteiger partial charge in [-0.2, -0.15) is 0 Å². The van der Waals surface area contributed by atoms with Gasteiger partial charge in [-0.05, 0) is 44.9 Å². The number of carboxylic acids is 1.